The Kier molecular flexibility index (Phi) is 7.50. The number of ether oxygens (including phenoxy) is 1. The lowest BCUT2D eigenvalue weighted by atomic mass is 9.82. The van der Waals surface area contributed by atoms with Crippen LogP contribution in [0.2, 0.25) is 0 Å². The zero-order valence-electron chi connectivity index (χ0n) is 19.7. The van der Waals surface area contributed by atoms with Crippen LogP contribution in [-0.4, -0.2) is 60.3 Å². The predicted octanol–water partition coefficient (Wildman–Crippen LogP) is 2.42. The van der Waals surface area contributed by atoms with Crippen molar-refractivity contribution in [3.8, 4) is 5.75 Å². The molecule has 2 aromatic rings. The van der Waals surface area contributed by atoms with Crippen molar-refractivity contribution < 1.29 is 19.1 Å². The van der Waals surface area contributed by atoms with Gasteiger partial charge in [-0.25, -0.2) is 0 Å². The summed E-state index contributed by atoms with van der Waals surface area (Å²) in [6.07, 6.45) is 2.75. The van der Waals surface area contributed by atoms with Gasteiger partial charge in [0.25, 0.3) is 0 Å². The lowest BCUT2D eigenvalue weighted by Crippen LogP contribution is -2.49. The Morgan fingerprint density at radius 3 is 2.38 bits per heavy atom. The van der Waals surface area contributed by atoms with Crippen LogP contribution in [0.1, 0.15) is 30.4 Å². The highest BCUT2D eigenvalue weighted by Gasteiger charge is 2.39. The predicted molar refractivity (Wildman–Crippen MR) is 129 cm³/mol. The number of hydrogen-bond donors (Lipinski definition) is 1. The average molecular weight is 464 g/mol. The van der Waals surface area contributed by atoms with Crippen LogP contribution in [0.25, 0.3) is 0 Å². The summed E-state index contributed by atoms with van der Waals surface area (Å²) in [5.41, 5.74) is 7.68. The number of nitrogens with zero attached hydrogens (tertiary/aromatic N) is 2. The number of benzene rings is 2. The van der Waals surface area contributed by atoms with Gasteiger partial charge in [0.15, 0.2) is 0 Å². The van der Waals surface area contributed by atoms with Crippen molar-refractivity contribution in [3.05, 3.63) is 65.7 Å². The van der Waals surface area contributed by atoms with Gasteiger partial charge in [-0.2, -0.15) is 0 Å². The molecule has 34 heavy (non-hydrogen) atoms. The molecule has 0 radical (unpaired) electrons. The third kappa shape index (κ3) is 5.58. The van der Waals surface area contributed by atoms with Crippen molar-refractivity contribution in [1.82, 2.24) is 9.80 Å². The number of methoxy groups -OCH3 is 1. The molecule has 2 fully saturated rings. The number of amides is 3. The number of rotatable bonds is 7. The lowest BCUT2D eigenvalue weighted by Gasteiger charge is -2.37. The summed E-state index contributed by atoms with van der Waals surface area (Å²) >= 11 is 0. The molecular formula is C27H33N3O4. The molecule has 2 aliphatic heterocycles. The molecule has 0 saturated carbocycles. The quantitative estimate of drug-likeness (QED) is 0.683. The molecule has 3 unspecified atom stereocenters. The molecule has 3 amide bonds. The normalized spacial score (nSPS) is 21.4. The molecule has 4 rings (SSSR count). The summed E-state index contributed by atoms with van der Waals surface area (Å²) in [7, 11) is 1.62. The Labute approximate surface area is 200 Å². The minimum absolute atomic E-state index is 0.00904. The second-order valence-corrected chi connectivity index (χ2v) is 9.36. The Bertz CT molecular complexity index is 1010. The van der Waals surface area contributed by atoms with Crippen molar-refractivity contribution in [2.45, 2.75) is 38.1 Å². The Balaban J connectivity index is 1.39. The zero-order valence-corrected chi connectivity index (χ0v) is 19.7. The highest BCUT2D eigenvalue weighted by Crippen LogP contribution is 2.33. The third-order valence-electron chi connectivity index (χ3n) is 7.23. The molecule has 0 spiro atoms. The monoisotopic (exact) mass is 463 g/mol. The molecule has 0 bridgehead atoms. The van der Waals surface area contributed by atoms with Gasteiger partial charge in [-0.05, 0) is 47.9 Å². The van der Waals surface area contributed by atoms with E-state index in [-0.39, 0.29) is 23.7 Å². The smallest absolute Gasteiger partial charge is 0.240 e. The minimum atomic E-state index is -0.650. The summed E-state index contributed by atoms with van der Waals surface area (Å²) in [6.45, 7) is 1.80. The van der Waals surface area contributed by atoms with Gasteiger partial charge in [0.1, 0.15) is 11.8 Å². The number of fused-ring (bicyclic) bond motifs is 1. The van der Waals surface area contributed by atoms with Crippen LogP contribution in [0.4, 0.5) is 0 Å². The topological polar surface area (TPSA) is 92.9 Å². The van der Waals surface area contributed by atoms with Crippen LogP contribution >= 0.6 is 0 Å². The molecule has 3 atom stereocenters. The van der Waals surface area contributed by atoms with Crippen molar-refractivity contribution in [2.75, 3.05) is 26.7 Å². The number of hydrogen-bond acceptors (Lipinski definition) is 4. The van der Waals surface area contributed by atoms with E-state index in [4.69, 9.17) is 10.5 Å². The van der Waals surface area contributed by atoms with E-state index >= 15 is 0 Å². The summed E-state index contributed by atoms with van der Waals surface area (Å²) in [5, 5.41) is 0. The summed E-state index contributed by atoms with van der Waals surface area (Å²) in [6, 6.07) is 16.6. The minimum Gasteiger partial charge on any atom is -0.497 e. The largest absolute Gasteiger partial charge is 0.497 e. The maximum absolute atomic E-state index is 13.1. The van der Waals surface area contributed by atoms with E-state index in [0.29, 0.717) is 38.9 Å². The SMILES string of the molecule is COc1ccc(CC(=O)N2CCC3CC(=O)N(C(Cc4ccccc4)C(N)=O)CCC3C2)cc1. The molecule has 2 N–H and O–H groups in total. The Hall–Kier alpha value is -3.35. The first-order chi connectivity index (χ1) is 16.4. The summed E-state index contributed by atoms with van der Waals surface area (Å²) in [5.74, 6) is 0.866. The first-order valence-corrected chi connectivity index (χ1v) is 12.0. The first-order valence-electron chi connectivity index (χ1n) is 12.0. The van der Waals surface area contributed by atoms with E-state index in [1.165, 1.54) is 0 Å². The Morgan fingerprint density at radius 2 is 1.71 bits per heavy atom. The second-order valence-electron chi connectivity index (χ2n) is 9.36. The van der Waals surface area contributed by atoms with Crippen molar-refractivity contribution in [1.29, 1.82) is 0 Å². The lowest BCUT2D eigenvalue weighted by molar-refractivity contribution is -0.139. The van der Waals surface area contributed by atoms with Gasteiger partial charge >= 0.3 is 0 Å². The van der Waals surface area contributed by atoms with Gasteiger partial charge in [-0.3, -0.25) is 14.4 Å². The number of nitrogens with two attached hydrogens (primary N) is 1. The van der Waals surface area contributed by atoms with Crippen molar-refractivity contribution in [2.24, 2.45) is 17.6 Å². The van der Waals surface area contributed by atoms with E-state index in [1.807, 2.05) is 59.5 Å². The van der Waals surface area contributed by atoms with Gasteiger partial charge in [0.2, 0.25) is 17.7 Å². The molecule has 180 valence electrons. The van der Waals surface area contributed by atoms with Crippen LogP contribution < -0.4 is 10.5 Å². The summed E-state index contributed by atoms with van der Waals surface area (Å²) in [4.78, 5) is 42.0. The second kappa shape index (κ2) is 10.7. The highest BCUT2D eigenvalue weighted by molar-refractivity contribution is 5.87. The molecule has 0 aliphatic carbocycles. The van der Waals surface area contributed by atoms with E-state index in [9.17, 15) is 14.4 Å². The van der Waals surface area contributed by atoms with Crippen LogP contribution in [0.3, 0.4) is 0 Å². The van der Waals surface area contributed by atoms with Crippen LogP contribution in [0.15, 0.2) is 54.6 Å². The molecule has 0 aromatic heterocycles. The number of likely N-dealkylation sites (tertiary alicyclic amines) is 2. The van der Waals surface area contributed by atoms with E-state index in [2.05, 4.69) is 0 Å². The molecule has 7 nitrogen and oxygen atoms in total. The standard InChI is InChI=1S/C27H33N3O4/c1-34-23-9-7-20(8-10-23)16-25(31)29-13-11-21-17-26(32)30(14-12-22(21)18-29)24(27(28)33)15-19-5-3-2-4-6-19/h2-10,21-22,24H,11-18H2,1H3,(H2,28,33). The van der Waals surface area contributed by atoms with Crippen molar-refractivity contribution >= 4 is 17.7 Å². The van der Waals surface area contributed by atoms with Gasteiger partial charge in [0, 0.05) is 32.5 Å². The maximum atomic E-state index is 13.1. The molecule has 2 aliphatic rings. The van der Waals surface area contributed by atoms with Crippen LogP contribution in [0, 0.1) is 11.8 Å². The zero-order chi connectivity index (χ0) is 24.1. The van der Waals surface area contributed by atoms with E-state index in [1.54, 1.807) is 12.0 Å². The Morgan fingerprint density at radius 1 is 1.00 bits per heavy atom. The average Bonchev–Trinajstić information content (AvgIpc) is 3.01. The molecule has 2 aromatic carbocycles. The van der Waals surface area contributed by atoms with Crippen LogP contribution in [0.5, 0.6) is 5.75 Å². The van der Waals surface area contributed by atoms with Crippen LogP contribution in [-0.2, 0) is 27.2 Å². The number of piperidine rings is 1. The molecular weight excluding hydrogens is 430 g/mol. The molecule has 2 heterocycles. The fourth-order valence-electron chi connectivity index (χ4n) is 5.24. The molecule has 7 heteroatoms. The van der Waals surface area contributed by atoms with E-state index < -0.39 is 11.9 Å². The van der Waals surface area contributed by atoms with Gasteiger partial charge < -0.3 is 20.3 Å². The molecule has 2 saturated heterocycles. The van der Waals surface area contributed by atoms with Gasteiger partial charge in [-0.15, -0.1) is 0 Å². The highest BCUT2D eigenvalue weighted by atomic mass is 16.5. The number of primary amides is 1. The third-order valence-corrected chi connectivity index (χ3v) is 7.23. The van der Waals surface area contributed by atoms with Gasteiger partial charge in [0.05, 0.1) is 13.5 Å². The van der Waals surface area contributed by atoms with Gasteiger partial charge in [-0.1, -0.05) is 42.5 Å². The first kappa shape index (κ1) is 23.8. The maximum Gasteiger partial charge on any atom is 0.240 e. The fourth-order valence-corrected chi connectivity index (χ4v) is 5.24. The number of carbonyl (C=O) groups is 3. The number of carbonyl (C=O) groups excluding carboxylic acids is 3. The van der Waals surface area contributed by atoms with E-state index in [0.717, 1.165) is 29.7 Å². The van der Waals surface area contributed by atoms with Crippen molar-refractivity contribution in [3.63, 3.8) is 0 Å². The summed E-state index contributed by atoms with van der Waals surface area (Å²) < 4.78 is 5.19. The fraction of sp³-hybridized carbons (Fsp3) is 0.444.